The molecule has 0 atom stereocenters. The quantitative estimate of drug-likeness (QED) is 0.385. The van der Waals surface area contributed by atoms with Crippen molar-refractivity contribution < 1.29 is 44.0 Å². The number of benzene rings is 1. The van der Waals surface area contributed by atoms with Crippen LogP contribution in [0.1, 0.15) is 1.43 Å². The summed E-state index contributed by atoms with van der Waals surface area (Å²) in [6.07, 6.45) is 0. The van der Waals surface area contributed by atoms with E-state index in [9.17, 15) is 8.42 Å². The molecule has 0 aliphatic rings. The van der Waals surface area contributed by atoms with Crippen LogP contribution in [-0.4, -0.2) is 13.0 Å². The summed E-state index contributed by atoms with van der Waals surface area (Å²) < 4.78 is 30.1. The molecular formula is C6H6Cl2NNaO3S. The standard InChI is InChI=1S/C6H5Cl2NO3S.Na.H/c7-3-2-6(13(10,11)12)4(8)1-5(3)9;;/h1-2H,9H2,(H,10,11,12);;/q;+1;-1. The molecule has 0 radical (unpaired) electrons. The van der Waals surface area contributed by atoms with Gasteiger partial charge in [-0.3, -0.25) is 4.55 Å². The molecule has 0 saturated heterocycles. The minimum Gasteiger partial charge on any atom is -1.00 e. The van der Waals surface area contributed by atoms with Crippen LogP contribution < -0.4 is 35.3 Å². The maximum absolute atomic E-state index is 10.7. The van der Waals surface area contributed by atoms with Gasteiger partial charge in [0.25, 0.3) is 10.1 Å². The second-order valence-corrected chi connectivity index (χ2v) is 4.48. The molecule has 3 N–H and O–H groups in total. The van der Waals surface area contributed by atoms with Gasteiger partial charge in [0.1, 0.15) is 4.90 Å². The van der Waals surface area contributed by atoms with Crippen molar-refractivity contribution in [2.75, 3.05) is 5.73 Å². The van der Waals surface area contributed by atoms with E-state index in [4.69, 9.17) is 33.5 Å². The maximum Gasteiger partial charge on any atom is 1.00 e. The Hall–Kier alpha value is 0.510. The molecule has 4 nitrogen and oxygen atoms in total. The van der Waals surface area contributed by atoms with Crippen LogP contribution in [0.2, 0.25) is 10.0 Å². The monoisotopic (exact) mass is 265 g/mol. The van der Waals surface area contributed by atoms with Gasteiger partial charge in [0.05, 0.1) is 15.7 Å². The van der Waals surface area contributed by atoms with Gasteiger partial charge >= 0.3 is 29.6 Å². The molecule has 1 aromatic carbocycles. The largest absolute Gasteiger partial charge is 1.00 e. The molecule has 0 aromatic heterocycles. The fraction of sp³-hybridized carbons (Fsp3) is 0. The van der Waals surface area contributed by atoms with Crippen molar-refractivity contribution >= 4 is 39.0 Å². The molecule has 0 bridgehead atoms. The van der Waals surface area contributed by atoms with Crippen LogP contribution in [0.3, 0.4) is 0 Å². The van der Waals surface area contributed by atoms with Crippen molar-refractivity contribution in [3.63, 3.8) is 0 Å². The Morgan fingerprint density at radius 1 is 1.29 bits per heavy atom. The zero-order valence-corrected chi connectivity index (χ0v) is 11.5. The van der Waals surface area contributed by atoms with Crippen molar-refractivity contribution in [1.29, 1.82) is 0 Å². The summed E-state index contributed by atoms with van der Waals surface area (Å²) in [5.41, 5.74) is 5.49. The first kappa shape index (κ1) is 14.5. The molecule has 0 amide bonds. The van der Waals surface area contributed by atoms with E-state index < -0.39 is 15.0 Å². The Kier molecular flexibility index (Phi) is 5.21. The van der Waals surface area contributed by atoms with E-state index in [1.807, 2.05) is 0 Å². The van der Waals surface area contributed by atoms with Crippen LogP contribution in [0, 0.1) is 0 Å². The van der Waals surface area contributed by atoms with Crippen LogP contribution in [0.25, 0.3) is 0 Å². The molecule has 0 fully saturated rings. The smallest absolute Gasteiger partial charge is 1.00 e. The van der Waals surface area contributed by atoms with Crippen LogP contribution in [0.5, 0.6) is 0 Å². The van der Waals surface area contributed by atoms with Crippen molar-refractivity contribution in [3.05, 3.63) is 22.2 Å². The van der Waals surface area contributed by atoms with Gasteiger partial charge < -0.3 is 7.16 Å². The van der Waals surface area contributed by atoms with Crippen LogP contribution >= 0.6 is 23.2 Å². The Labute approximate surface area is 115 Å². The van der Waals surface area contributed by atoms with Crippen molar-refractivity contribution in [2.45, 2.75) is 4.90 Å². The number of hydrogen-bond donors (Lipinski definition) is 2. The Balaban J connectivity index is 0. The summed E-state index contributed by atoms with van der Waals surface area (Å²) in [5.74, 6) is 0. The summed E-state index contributed by atoms with van der Waals surface area (Å²) in [4.78, 5) is -0.451. The fourth-order valence-electron chi connectivity index (χ4n) is 0.742. The molecule has 0 saturated carbocycles. The molecule has 0 aliphatic heterocycles. The number of nitrogens with two attached hydrogens (primary N) is 1. The molecule has 1 rings (SSSR count). The number of rotatable bonds is 1. The van der Waals surface area contributed by atoms with Crippen molar-refractivity contribution in [2.24, 2.45) is 0 Å². The Bertz CT molecular complexity index is 454. The van der Waals surface area contributed by atoms with E-state index in [0.717, 1.165) is 12.1 Å². The van der Waals surface area contributed by atoms with Crippen molar-refractivity contribution in [3.8, 4) is 0 Å². The third-order valence-corrected chi connectivity index (χ3v) is 2.97. The molecule has 74 valence electrons. The number of nitrogen functional groups attached to an aromatic ring is 1. The molecule has 1 aromatic rings. The van der Waals surface area contributed by atoms with E-state index in [-0.39, 0.29) is 46.7 Å². The first-order chi connectivity index (χ1) is 5.82. The van der Waals surface area contributed by atoms with E-state index in [0.29, 0.717) is 0 Å². The third kappa shape index (κ3) is 3.27. The Morgan fingerprint density at radius 2 is 1.79 bits per heavy atom. The van der Waals surface area contributed by atoms with Gasteiger partial charge in [-0.2, -0.15) is 8.42 Å². The van der Waals surface area contributed by atoms with E-state index in [1.54, 1.807) is 0 Å². The summed E-state index contributed by atoms with van der Waals surface area (Å²) in [6.45, 7) is 0. The normalized spacial score (nSPS) is 10.8. The van der Waals surface area contributed by atoms with E-state index in [2.05, 4.69) is 0 Å². The van der Waals surface area contributed by atoms with Gasteiger partial charge in [-0.1, -0.05) is 23.2 Å². The van der Waals surface area contributed by atoms with E-state index >= 15 is 0 Å². The summed E-state index contributed by atoms with van der Waals surface area (Å²) in [5, 5.41) is -0.138. The van der Waals surface area contributed by atoms with Crippen LogP contribution in [0.4, 0.5) is 5.69 Å². The molecular weight excluding hydrogens is 260 g/mol. The zero-order valence-electron chi connectivity index (χ0n) is 8.16. The molecule has 0 unspecified atom stereocenters. The first-order valence-corrected chi connectivity index (χ1v) is 5.24. The second-order valence-electron chi connectivity index (χ2n) is 2.28. The molecule has 8 heteroatoms. The third-order valence-electron chi connectivity index (χ3n) is 1.33. The second kappa shape index (κ2) is 5.03. The average molecular weight is 266 g/mol. The minimum atomic E-state index is -4.34. The number of hydrogen-bond acceptors (Lipinski definition) is 3. The maximum atomic E-state index is 10.7. The van der Waals surface area contributed by atoms with Gasteiger partial charge in [0.2, 0.25) is 0 Å². The fourth-order valence-corrected chi connectivity index (χ4v) is 2.01. The van der Waals surface area contributed by atoms with Crippen LogP contribution in [-0.2, 0) is 10.1 Å². The molecule has 0 spiro atoms. The summed E-state index contributed by atoms with van der Waals surface area (Å²) in [7, 11) is -4.34. The first-order valence-electron chi connectivity index (χ1n) is 3.04. The summed E-state index contributed by atoms with van der Waals surface area (Å²) in [6, 6.07) is 2.15. The van der Waals surface area contributed by atoms with Crippen molar-refractivity contribution in [1.82, 2.24) is 0 Å². The average Bonchev–Trinajstić information content (AvgIpc) is 1.94. The van der Waals surface area contributed by atoms with Crippen LogP contribution in [0.15, 0.2) is 17.0 Å². The van der Waals surface area contributed by atoms with Gasteiger partial charge in [-0.25, -0.2) is 0 Å². The topological polar surface area (TPSA) is 80.4 Å². The van der Waals surface area contributed by atoms with E-state index in [1.165, 1.54) is 0 Å². The molecule has 0 heterocycles. The predicted molar refractivity (Wildman–Crippen MR) is 51.8 cm³/mol. The number of halogens is 2. The van der Waals surface area contributed by atoms with Gasteiger partial charge in [-0.05, 0) is 12.1 Å². The van der Waals surface area contributed by atoms with Gasteiger partial charge in [0, 0.05) is 0 Å². The summed E-state index contributed by atoms with van der Waals surface area (Å²) >= 11 is 11.0. The predicted octanol–water partition coefficient (Wildman–Crippen LogP) is -1.06. The minimum absolute atomic E-state index is 0. The SMILES string of the molecule is Nc1cc(Cl)c(S(=O)(=O)O)cc1Cl.[H-].[Na+]. The molecule has 0 aliphatic carbocycles. The van der Waals surface area contributed by atoms with Gasteiger partial charge in [-0.15, -0.1) is 0 Å². The number of anilines is 1. The Morgan fingerprint density at radius 3 is 2.21 bits per heavy atom. The molecule has 14 heavy (non-hydrogen) atoms. The van der Waals surface area contributed by atoms with Gasteiger partial charge in [0.15, 0.2) is 0 Å². The zero-order chi connectivity index (χ0) is 10.2.